The molecule has 0 saturated heterocycles. The molecular formula is C28H34Cl4N4O2. The number of nitrogens with zero attached hydrogens (tertiary/aromatic N) is 1. The minimum Gasteiger partial charge on any atom is -0.352 e. The quantitative estimate of drug-likeness (QED) is 0.152. The zero-order valence-electron chi connectivity index (χ0n) is 21.5. The lowest BCUT2D eigenvalue weighted by molar-refractivity contribution is 0.0953. The Bertz CT molecular complexity index is 1250. The zero-order chi connectivity index (χ0) is 27.5. The van der Waals surface area contributed by atoms with E-state index in [2.05, 4.69) is 22.7 Å². The summed E-state index contributed by atoms with van der Waals surface area (Å²) < 4.78 is 1.21. The molecule has 0 unspecified atom stereocenters. The number of hydrogen-bond acceptors (Lipinski definition) is 3. The Balaban J connectivity index is 1.52. The molecule has 1 heterocycles. The second kappa shape index (κ2) is 15.5. The Kier molecular flexibility index (Phi) is 12.4. The topological polar surface area (TPSA) is 78.9 Å². The van der Waals surface area contributed by atoms with Crippen LogP contribution in [0.15, 0.2) is 41.2 Å². The highest BCUT2D eigenvalue weighted by atomic mass is 35.5. The van der Waals surface area contributed by atoms with Gasteiger partial charge in [-0.1, -0.05) is 111 Å². The van der Waals surface area contributed by atoms with Gasteiger partial charge in [0.1, 0.15) is 11.5 Å². The standard InChI is InChI=1S/C28H34Cl4N4O2/c1-2-3-4-5-6-7-8-9-10-11-14-33-28(38)19-12-13-21(30)24(15-19)34-25-18-26(37)36(35-25)27-22(31)16-20(29)17-23(27)32/h12-13,15-18,34-35H,2-11,14H2,1H3,(H,33,38). The molecule has 10 heteroatoms. The van der Waals surface area contributed by atoms with Crippen LogP contribution >= 0.6 is 46.4 Å². The molecule has 0 fully saturated rings. The van der Waals surface area contributed by atoms with E-state index in [1.165, 1.54) is 74.2 Å². The molecular weight excluding hydrogens is 566 g/mol. The molecule has 0 bridgehead atoms. The van der Waals surface area contributed by atoms with Crippen LogP contribution in [0.3, 0.4) is 0 Å². The van der Waals surface area contributed by atoms with Crippen LogP contribution in [0.4, 0.5) is 11.5 Å². The van der Waals surface area contributed by atoms with Crippen molar-refractivity contribution in [3.05, 3.63) is 72.4 Å². The average Bonchev–Trinajstić information content (AvgIpc) is 3.22. The summed E-state index contributed by atoms with van der Waals surface area (Å²) >= 11 is 24.9. The Labute approximate surface area is 244 Å². The summed E-state index contributed by atoms with van der Waals surface area (Å²) in [6.07, 6.45) is 12.4. The maximum Gasteiger partial charge on any atom is 0.273 e. The summed E-state index contributed by atoms with van der Waals surface area (Å²) in [5.74, 6) is 0.174. The Morgan fingerprint density at radius 3 is 2.05 bits per heavy atom. The SMILES string of the molecule is CCCCCCCCCCCCNC(=O)c1ccc(Cl)c(Nc2cc(=O)n(-c3c(Cl)cc(Cl)cc3Cl)[nH]2)c1. The van der Waals surface area contributed by atoms with Crippen molar-refractivity contribution in [2.75, 3.05) is 11.9 Å². The summed E-state index contributed by atoms with van der Waals surface area (Å²) in [5.41, 5.74) is 0.830. The molecule has 0 aliphatic rings. The van der Waals surface area contributed by atoms with Crippen molar-refractivity contribution in [1.29, 1.82) is 0 Å². The molecule has 3 rings (SSSR count). The maximum atomic E-state index is 12.7. The van der Waals surface area contributed by atoms with Gasteiger partial charge >= 0.3 is 0 Å². The Hall–Kier alpha value is -2.12. The number of aromatic amines is 1. The highest BCUT2D eigenvalue weighted by Crippen LogP contribution is 2.32. The number of nitrogens with one attached hydrogen (secondary N) is 3. The number of carbonyl (C=O) groups excluding carboxylic acids is 1. The third-order valence-corrected chi connectivity index (χ3v) is 7.36. The molecule has 0 aliphatic carbocycles. The molecule has 0 aliphatic heterocycles. The Morgan fingerprint density at radius 2 is 1.42 bits per heavy atom. The van der Waals surface area contributed by atoms with Gasteiger partial charge in [-0.25, -0.2) is 4.68 Å². The first-order chi connectivity index (χ1) is 18.3. The lowest BCUT2D eigenvalue weighted by Gasteiger charge is -2.11. The van der Waals surface area contributed by atoms with Gasteiger partial charge in [-0.15, -0.1) is 0 Å². The first kappa shape index (κ1) is 30.4. The van der Waals surface area contributed by atoms with Gasteiger partial charge in [-0.2, -0.15) is 0 Å². The molecule has 3 aromatic rings. The number of rotatable bonds is 15. The van der Waals surface area contributed by atoms with E-state index in [4.69, 9.17) is 46.4 Å². The van der Waals surface area contributed by atoms with Crippen LogP contribution in [-0.4, -0.2) is 22.2 Å². The highest BCUT2D eigenvalue weighted by molar-refractivity contribution is 6.40. The number of amides is 1. The number of benzene rings is 2. The largest absolute Gasteiger partial charge is 0.352 e. The van der Waals surface area contributed by atoms with Crippen LogP contribution in [-0.2, 0) is 0 Å². The smallest absolute Gasteiger partial charge is 0.273 e. The first-order valence-electron chi connectivity index (χ1n) is 13.1. The minimum atomic E-state index is -0.389. The number of anilines is 2. The third kappa shape index (κ3) is 8.98. The van der Waals surface area contributed by atoms with E-state index in [1.54, 1.807) is 18.2 Å². The molecule has 3 N–H and O–H groups in total. The zero-order valence-corrected chi connectivity index (χ0v) is 24.5. The fourth-order valence-corrected chi connectivity index (χ4v) is 5.35. The van der Waals surface area contributed by atoms with E-state index in [9.17, 15) is 9.59 Å². The van der Waals surface area contributed by atoms with E-state index in [0.717, 1.165) is 12.8 Å². The Morgan fingerprint density at radius 1 is 0.816 bits per heavy atom. The van der Waals surface area contributed by atoms with Gasteiger partial charge in [0, 0.05) is 23.2 Å². The van der Waals surface area contributed by atoms with Crippen LogP contribution in [0.1, 0.15) is 81.5 Å². The van der Waals surface area contributed by atoms with Crippen LogP contribution < -0.4 is 16.2 Å². The van der Waals surface area contributed by atoms with Crippen molar-refractivity contribution in [2.24, 2.45) is 0 Å². The molecule has 0 spiro atoms. The predicted octanol–water partition coefficient (Wildman–Crippen LogP) is 9.17. The number of halogens is 4. The molecule has 38 heavy (non-hydrogen) atoms. The highest BCUT2D eigenvalue weighted by Gasteiger charge is 2.15. The molecule has 0 radical (unpaired) electrons. The van der Waals surface area contributed by atoms with Gasteiger partial charge in [0.25, 0.3) is 11.5 Å². The number of aromatic nitrogens is 2. The number of unbranched alkanes of at least 4 members (excludes halogenated alkanes) is 9. The van der Waals surface area contributed by atoms with E-state index in [-0.39, 0.29) is 27.2 Å². The molecule has 0 atom stereocenters. The van der Waals surface area contributed by atoms with Crippen LogP contribution in [0, 0.1) is 0 Å². The van der Waals surface area contributed by atoms with E-state index >= 15 is 0 Å². The predicted molar refractivity (Wildman–Crippen MR) is 160 cm³/mol. The van der Waals surface area contributed by atoms with Crippen molar-refractivity contribution >= 4 is 63.8 Å². The summed E-state index contributed by atoms with van der Waals surface area (Å²) in [5, 5.41) is 10.1. The molecule has 206 valence electrons. The normalized spacial score (nSPS) is 11.1. The first-order valence-corrected chi connectivity index (χ1v) is 14.6. The van der Waals surface area contributed by atoms with Gasteiger partial charge in [0.2, 0.25) is 0 Å². The van der Waals surface area contributed by atoms with Crippen molar-refractivity contribution in [3.63, 3.8) is 0 Å². The average molecular weight is 600 g/mol. The molecule has 0 saturated carbocycles. The summed E-state index contributed by atoms with van der Waals surface area (Å²) in [6.45, 7) is 2.86. The van der Waals surface area contributed by atoms with Gasteiger partial charge in [-0.3, -0.25) is 14.7 Å². The van der Waals surface area contributed by atoms with Gasteiger partial charge in [0.05, 0.1) is 20.8 Å². The number of H-pyrrole nitrogens is 1. The van der Waals surface area contributed by atoms with Crippen LogP contribution in [0.2, 0.25) is 20.1 Å². The monoisotopic (exact) mass is 598 g/mol. The van der Waals surface area contributed by atoms with E-state index < -0.39 is 0 Å². The fraction of sp³-hybridized carbons (Fsp3) is 0.429. The second-order valence-corrected chi connectivity index (χ2v) is 11.0. The summed E-state index contributed by atoms with van der Waals surface area (Å²) in [7, 11) is 0. The van der Waals surface area contributed by atoms with Crippen LogP contribution in [0.5, 0.6) is 0 Å². The van der Waals surface area contributed by atoms with Crippen molar-refractivity contribution in [2.45, 2.75) is 71.1 Å². The third-order valence-electron chi connectivity index (χ3n) is 6.24. The maximum absolute atomic E-state index is 12.7. The lowest BCUT2D eigenvalue weighted by atomic mass is 10.1. The molecule has 6 nitrogen and oxygen atoms in total. The number of hydrogen-bond donors (Lipinski definition) is 3. The van der Waals surface area contributed by atoms with Crippen molar-refractivity contribution in [3.8, 4) is 5.69 Å². The summed E-state index contributed by atoms with van der Waals surface area (Å²) in [6, 6.07) is 9.30. The van der Waals surface area contributed by atoms with E-state index in [0.29, 0.717) is 33.7 Å². The number of carbonyl (C=O) groups is 1. The van der Waals surface area contributed by atoms with Gasteiger partial charge in [-0.05, 0) is 36.8 Å². The van der Waals surface area contributed by atoms with Gasteiger partial charge in [0.15, 0.2) is 0 Å². The van der Waals surface area contributed by atoms with Crippen molar-refractivity contribution < 1.29 is 4.79 Å². The minimum absolute atomic E-state index is 0.175. The summed E-state index contributed by atoms with van der Waals surface area (Å²) in [4.78, 5) is 25.3. The lowest BCUT2D eigenvalue weighted by Crippen LogP contribution is -2.24. The van der Waals surface area contributed by atoms with E-state index in [1.807, 2.05) is 0 Å². The molecule has 1 amide bonds. The van der Waals surface area contributed by atoms with Crippen molar-refractivity contribution in [1.82, 2.24) is 15.1 Å². The van der Waals surface area contributed by atoms with Gasteiger partial charge < -0.3 is 10.6 Å². The second-order valence-electron chi connectivity index (χ2n) is 9.32. The fourth-order valence-electron chi connectivity index (χ4n) is 4.20. The van der Waals surface area contributed by atoms with Crippen LogP contribution in [0.25, 0.3) is 5.69 Å². The molecule has 2 aromatic carbocycles. The molecule has 1 aromatic heterocycles.